The molecule has 0 aromatic rings. The van der Waals surface area contributed by atoms with Crippen molar-refractivity contribution in [3.05, 3.63) is 0 Å². The molecule has 8 heteroatoms. The summed E-state index contributed by atoms with van der Waals surface area (Å²) < 4.78 is 28.5. The summed E-state index contributed by atoms with van der Waals surface area (Å²) in [5.74, 6) is -0.630. The van der Waals surface area contributed by atoms with Crippen LogP contribution in [0.3, 0.4) is 0 Å². The van der Waals surface area contributed by atoms with Crippen molar-refractivity contribution < 1.29 is 23.4 Å². The topological polar surface area (TPSA) is 110 Å². The molecule has 134 valence electrons. The summed E-state index contributed by atoms with van der Waals surface area (Å²) in [7, 11) is -7.48. The van der Waals surface area contributed by atoms with Crippen LogP contribution in [0.4, 0.5) is 0 Å². The first-order valence-corrected chi connectivity index (χ1v) is 12.1. The van der Waals surface area contributed by atoms with Gasteiger partial charge in [-0.25, -0.2) is 0 Å². The second-order valence-corrected chi connectivity index (χ2v) is 10.5. The van der Waals surface area contributed by atoms with Crippen molar-refractivity contribution in [3.63, 3.8) is 0 Å². The molecule has 0 bridgehead atoms. The third-order valence-electron chi connectivity index (χ3n) is 3.47. The smallest absolute Gasteiger partial charge is 0.330 e. The molecule has 0 aliphatic carbocycles. The van der Waals surface area contributed by atoms with E-state index in [2.05, 4.69) is 0 Å². The van der Waals surface area contributed by atoms with Crippen molar-refractivity contribution in [1.82, 2.24) is 0 Å². The first kappa shape index (κ1) is 22.3. The SMILES string of the molecule is CCOP(=O)(CCCCCCCCCCCN)CP(=O)(O)O. The number of nitrogens with two attached hydrogens (primary N) is 1. The highest BCUT2D eigenvalue weighted by Gasteiger charge is 2.31. The van der Waals surface area contributed by atoms with Gasteiger partial charge in [0.25, 0.3) is 0 Å². The van der Waals surface area contributed by atoms with Gasteiger partial charge in [-0.2, -0.15) is 0 Å². The Hall–Kier alpha value is 0.300. The largest absolute Gasteiger partial charge is 0.335 e. The van der Waals surface area contributed by atoms with Gasteiger partial charge in [0.2, 0.25) is 7.37 Å². The monoisotopic (exact) mass is 357 g/mol. The standard InChI is InChI=1S/C14H33NO5P2/c1-2-20-21(16,14-22(17,18)19)13-11-9-7-5-3-4-6-8-10-12-15/h2-15H2,1H3,(H2,17,18,19). The van der Waals surface area contributed by atoms with Gasteiger partial charge in [-0.3, -0.25) is 9.13 Å². The predicted molar refractivity (Wildman–Crippen MR) is 91.6 cm³/mol. The van der Waals surface area contributed by atoms with Crippen LogP contribution in [0.2, 0.25) is 0 Å². The van der Waals surface area contributed by atoms with E-state index < -0.39 is 20.9 Å². The normalized spacial score (nSPS) is 14.9. The third kappa shape index (κ3) is 13.9. The fourth-order valence-corrected chi connectivity index (χ4v) is 6.87. The fraction of sp³-hybridized carbons (Fsp3) is 1.00. The van der Waals surface area contributed by atoms with Crippen molar-refractivity contribution in [3.8, 4) is 0 Å². The molecule has 4 N–H and O–H groups in total. The number of rotatable bonds is 15. The summed E-state index contributed by atoms with van der Waals surface area (Å²) in [4.78, 5) is 18.0. The average Bonchev–Trinajstić information content (AvgIpc) is 2.39. The molecule has 0 radical (unpaired) electrons. The lowest BCUT2D eigenvalue weighted by Gasteiger charge is -2.18. The van der Waals surface area contributed by atoms with Gasteiger partial charge in [0.05, 0.1) is 6.61 Å². The molecule has 0 saturated carbocycles. The van der Waals surface area contributed by atoms with Crippen LogP contribution in [-0.4, -0.2) is 35.0 Å². The molecule has 0 aromatic heterocycles. The first-order chi connectivity index (χ1) is 10.3. The second kappa shape index (κ2) is 12.7. The molecule has 0 spiro atoms. The van der Waals surface area contributed by atoms with Gasteiger partial charge in [-0.05, 0) is 26.3 Å². The molecule has 22 heavy (non-hydrogen) atoms. The quantitative estimate of drug-likeness (QED) is 0.303. The maximum absolute atomic E-state index is 12.3. The van der Waals surface area contributed by atoms with Gasteiger partial charge in [0.15, 0.2) is 0 Å². The Morgan fingerprint density at radius 1 is 0.864 bits per heavy atom. The van der Waals surface area contributed by atoms with Crippen LogP contribution in [0.1, 0.15) is 64.7 Å². The fourth-order valence-electron chi connectivity index (χ4n) is 2.43. The first-order valence-electron chi connectivity index (χ1n) is 8.30. The van der Waals surface area contributed by atoms with Crippen molar-refractivity contribution in [2.45, 2.75) is 64.7 Å². The Bertz CT molecular complexity index is 359. The lowest BCUT2D eigenvalue weighted by molar-refractivity contribution is 0.329. The summed E-state index contributed by atoms with van der Waals surface area (Å²) >= 11 is 0. The highest BCUT2D eigenvalue weighted by Crippen LogP contribution is 2.58. The Morgan fingerprint density at radius 3 is 1.73 bits per heavy atom. The van der Waals surface area contributed by atoms with Crippen LogP contribution in [-0.2, 0) is 13.7 Å². The molecule has 0 aromatic carbocycles. The summed E-state index contributed by atoms with van der Waals surface area (Å²) in [6.07, 6.45) is 10.1. The Labute approximate surface area is 134 Å². The van der Waals surface area contributed by atoms with Gasteiger partial charge in [-0.1, -0.05) is 44.9 Å². The van der Waals surface area contributed by atoms with E-state index in [0.717, 1.165) is 32.2 Å². The summed E-state index contributed by atoms with van der Waals surface area (Å²) in [5.41, 5.74) is 5.44. The van der Waals surface area contributed by atoms with Gasteiger partial charge in [-0.15, -0.1) is 0 Å². The zero-order chi connectivity index (χ0) is 16.9. The zero-order valence-corrected chi connectivity index (χ0v) is 15.6. The zero-order valence-electron chi connectivity index (χ0n) is 13.8. The van der Waals surface area contributed by atoms with Crippen molar-refractivity contribution in [1.29, 1.82) is 0 Å². The van der Waals surface area contributed by atoms with E-state index in [1.165, 1.54) is 25.7 Å². The van der Waals surface area contributed by atoms with Crippen molar-refractivity contribution in [2.75, 3.05) is 25.2 Å². The molecule has 0 fully saturated rings. The van der Waals surface area contributed by atoms with E-state index in [-0.39, 0.29) is 12.8 Å². The Morgan fingerprint density at radius 2 is 1.32 bits per heavy atom. The minimum atomic E-state index is -4.29. The lowest BCUT2D eigenvalue weighted by Crippen LogP contribution is -2.01. The minimum Gasteiger partial charge on any atom is -0.330 e. The van der Waals surface area contributed by atoms with Crippen LogP contribution < -0.4 is 5.73 Å². The molecule has 0 rings (SSSR count). The van der Waals surface area contributed by atoms with Crippen LogP contribution in [0.15, 0.2) is 0 Å². The van der Waals surface area contributed by atoms with Crippen LogP contribution >= 0.6 is 15.0 Å². The molecule has 0 aliphatic heterocycles. The van der Waals surface area contributed by atoms with E-state index in [0.29, 0.717) is 6.42 Å². The molecule has 0 amide bonds. The van der Waals surface area contributed by atoms with Crippen LogP contribution in [0.5, 0.6) is 0 Å². The highest BCUT2D eigenvalue weighted by molar-refractivity contribution is 7.73. The summed E-state index contributed by atoms with van der Waals surface area (Å²) in [6.45, 7) is 2.69. The molecular weight excluding hydrogens is 324 g/mol. The number of hydrogen-bond donors (Lipinski definition) is 3. The predicted octanol–water partition coefficient (Wildman–Crippen LogP) is 3.91. The third-order valence-corrected chi connectivity index (χ3v) is 8.39. The molecule has 1 atom stereocenters. The van der Waals surface area contributed by atoms with E-state index in [1.54, 1.807) is 6.92 Å². The van der Waals surface area contributed by atoms with Gasteiger partial charge >= 0.3 is 7.60 Å². The van der Waals surface area contributed by atoms with E-state index in [9.17, 15) is 9.13 Å². The van der Waals surface area contributed by atoms with E-state index in [4.69, 9.17) is 20.0 Å². The minimum absolute atomic E-state index is 0.222. The number of unbranched alkanes of at least 4 members (excludes halogenated alkanes) is 8. The molecule has 0 saturated heterocycles. The van der Waals surface area contributed by atoms with Gasteiger partial charge in [0.1, 0.15) is 5.90 Å². The molecular formula is C14H33NO5P2. The van der Waals surface area contributed by atoms with Crippen LogP contribution in [0.25, 0.3) is 0 Å². The van der Waals surface area contributed by atoms with Gasteiger partial charge < -0.3 is 20.0 Å². The second-order valence-electron chi connectivity index (χ2n) is 5.73. The Balaban J connectivity index is 3.73. The van der Waals surface area contributed by atoms with Crippen LogP contribution in [0, 0.1) is 0 Å². The highest BCUT2D eigenvalue weighted by atomic mass is 31.2. The maximum Gasteiger partial charge on any atom is 0.335 e. The average molecular weight is 357 g/mol. The van der Waals surface area contributed by atoms with Crippen molar-refractivity contribution in [2.24, 2.45) is 5.73 Å². The molecule has 0 aliphatic rings. The Kier molecular flexibility index (Phi) is 12.9. The molecule has 6 nitrogen and oxygen atoms in total. The van der Waals surface area contributed by atoms with Crippen molar-refractivity contribution >= 4 is 15.0 Å². The maximum atomic E-state index is 12.3. The molecule has 0 heterocycles. The van der Waals surface area contributed by atoms with E-state index in [1.807, 2.05) is 0 Å². The molecule has 1 unspecified atom stereocenters. The number of hydrogen-bond acceptors (Lipinski definition) is 4. The van der Waals surface area contributed by atoms with Gasteiger partial charge in [0, 0.05) is 6.16 Å². The summed E-state index contributed by atoms with van der Waals surface area (Å²) in [5, 5.41) is 0. The van der Waals surface area contributed by atoms with E-state index >= 15 is 0 Å². The lowest BCUT2D eigenvalue weighted by atomic mass is 10.1. The summed E-state index contributed by atoms with van der Waals surface area (Å²) in [6, 6.07) is 0.